The van der Waals surface area contributed by atoms with Crippen molar-refractivity contribution in [2.24, 2.45) is 0 Å². The van der Waals surface area contributed by atoms with Gasteiger partial charge in [-0.05, 0) is 25.0 Å². The van der Waals surface area contributed by atoms with Crippen LogP contribution < -0.4 is 5.32 Å². The summed E-state index contributed by atoms with van der Waals surface area (Å²) >= 11 is 9.25. The first-order chi connectivity index (χ1) is 10.7. The van der Waals surface area contributed by atoms with E-state index in [0.717, 1.165) is 39.1 Å². The van der Waals surface area contributed by atoms with Gasteiger partial charge in [-0.3, -0.25) is 9.69 Å². The van der Waals surface area contributed by atoms with Gasteiger partial charge in [0, 0.05) is 49.9 Å². The van der Waals surface area contributed by atoms with E-state index < -0.39 is 0 Å². The van der Waals surface area contributed by atoms with E-state index in [4.69, 9.17) is 16.3 Å². The summed E-state index contributed by atoms with van der Waals surface area (Å²) in [5.41, 5.74) is 0.0515. The molecule has 3 heterocycles. The number of halogens is 1. The van der Waals surface area contributed by atoms with Gasteiger partial charge in [-0.15, -0.1) is 11.3 Å². The van der Waals surface area contributed by atoms with Crippen LogP contribution in [0.5, 0.6) is 0 Å². The van der Waals surface area contributed by atoms with Crippen molar-refractivity contribution in [3.05, 3.63) is 21.3 Å². The molecule has 122 valence electrons. The Morgan fingerprint density at radius 2 is 2.05 bits per heavy atom. The number of hydrogen-bond acceptors (Lipinski definition) is 5. The standard InChI is InChI=1S/C15H21ClN2O2S2/c16-13-2-1-12(22-13)14(19)17-11-15(3-7-20-8-4-15)18-5-9-21-10-6-18/h1-2H,3-11H2,(H,17,19). The Morgan fingerprint density at radius 3 is 2.68 bits per heavy atom. The normalized spacial score (nSPS) is 22.4. The minimum atomic E-state index is -0.0193. The van der Waals surface area contributed by atoms with Crippen LogP contribution in [-0.4, -0.2) is 60.7 Å². The Labute approximate surface area is 144 Å². The van der Waals surface area contributed by atoms with Gasteiger partial charge in [0.15, 0.2) is 0 Å². The third-order valence-electron chi connectivity index (χ3n) is 4.48. The van der Waals surface area contributed by atoms with E-state index in [1.54, 1.807) is 12.1 Å². The number of hydrogen-bond donors (Lipinski definition) is 1. The third-order valence-corrected chi connectivity index (χ3v) is 6.65. The molecular formula is C15H21ClN2O2S2. The number of carbonyl (C=O) groups excluding carboxylic acids is 1. The van der Waals surface area contributed by atoms with E-state index in [1.165, 1.54) is 22.8 Å². The third kappa shape index (κ3) is 3.79. The number of rotatable bonds is 4. The zero-order chi connectivity index (χ0) is 15.4. The fourth-order valence-corrected chi connectivity index (χ4v) is 5.02. The molecule has 0 spiro atoms. The van der Waals surface area contributed by atoms with Gasteiger partial charge < -0.3 is 10.1 Å². The highest BCUT2D eigenvalue weighted by molar-refractivity contribution is 7.99. The molecule has 2 aliphatic heterocycles. The summed E-state index contributed by atoms with van der Waals surface area (Å²) in [7, 11) is 0. The van der Waals surface area contributed by atoms with Crippen LogP contribution in [0.3, 0.4) is 0 Å². The fourth-order valence-electron chi connectivity index (χ4n) is 3.16. The molecule has 7 heteroatoms. The molecule has 0 unspecified atom stereocenters. The van der Waals surface area contributed by atoms with Crippen LogP contribution in [0.2, 0.25) is 4.34 Å². The molecule has 1 aromatic rings. The minimum Gasteiger partial charge on any atom is -0.381 e. The molecule has 0 saturated carbocycles. The van der Waals surface area contributed by atoms with Gasteiger partial charge in [0.1, 0.15) is 0 Å². The molecule has 0 aromatic carbocycles. The summed E-state index contributed by atoms with van der Waals surface area (Å²) < 4.78 is 6.20. The smallest absolute Gasteiger partial charge is 0.261 e. The zero-order valence-corrected chi connectivity index (χ0v) is 14.9. The van der Waals surface area contributed by atoms with Crippen LogP contribution in [0.15, 0.2) is 12.1 Å². The van der Waals surface area contributed by atoms with E-state index in [-0.39, 0.29) is 11.4 Å². The Hall–Kier alpha value is -0.270. The maximum atomic E-state index is 12.3. The summed E-state index contributed by atoms with van der Waals surface area (Å²) in [5.74, 6) is 2.34. The molecular weight excluding hydrogens is 340 g/mol. The molecule has 22 heavy (non-hydrogen) atoms. The minimum absolute atomic E-state index is 0.0193. The molecule has 2 saturated heterocycles. The van der Waals surface area contributed by atoms with Crippen LogP contribution in [0.25, 0.3) is 0 Å². The highest BCUT2D eigenvalue weighted by Crippen LogP contribution is 2.30. The maximum absolute atomic E-state index is 12.3. The largest absolute Gasteiger partial charge is 0.381 e. The number of ether oxygens (including phenoxy) is 1. The molecule has 3 rings (SSSR count). The van der Waals surface area contributed by atoms with Gasteiger partial charge in [0.2, 0.25) is 0 Å². The Balaban J connectivity index is 1.66. The summed E-state index contributed by atoms with van der Waals surface area (Å²) in [6.07, 6.45) is 1.98. The molecule has 4 nitrogen and oxygen atoms in total. The fraction of sp³-hybridized carbons (Fsp3) is 0.667. The van der Waals surface area contributed by atoms with Crippen molar-refractivity contribution in [1.29, 1.82) is 0 Å². The number of nitrogens with zero attached hydrogens (tertiary/aromatic N) is 1. The van der Waals surface area contributed by atoms with Gasteiger partial charge in [-0.1, -0.05) is 11.6 Å². The van der Waals surface area contributed by atoms with Crippen LogP contribution in [0.1, 0.15) is 22.5 Å². The van der Waals surface area contributed by atoms with E-state index in [0.29, 0.717) is 15.8 Å². The first kappa shape index (κ1) is 16.6. The molecule has 2 fully saturated rings. The van der Waals surface area contributed by atoms with Crippen molar-refractivity contribution in [3.8, 4) is 0 Å². The molecule has 1 amide bonds. The quantitative estimate of drug-likeness (QED) is 0.896. The maximum Gasteiger partial charge on any atom is 0.261 e. The number of amides is 1. The van der Waals surface area contributed by atoms with Gasteiger partial charge >= 0.3 is 0 Å². The summed E-state index contributed by atoms with van der Waals surface area (Å²) in [5, 5.41) is 3.13. The van der Waals surface area contributed by atoms with Crippen LogP contribution in [0, 0.1) is 0 Å². The van der Waals surface area contributed by atoms with Crippen LogP contribution >= 0.6 is 34.7 Å². The lowest BCUT2D eigenvalue weighted by molar-refractivity contribution is -0.0236. The van der Waals surface area contributed by atoms with Crippen molar-refractivity contribution in [2.45, 2.75) is 18.4 Å². The second-order valence-electron chi connectivity index (χ2n) is 5.72. The second kappa shape index (κ2) is 7.53. The van der Waals surface area contributed by atoms with Crippen molar-refractivity contribution in [3.63, 3.8) is 0 Å². The van der Waals surface area contributed by atoms with Crippen molar-refractivity contribution >= 4 is 40.6 Å². The SMILES string of the molecule is O=C(NCC1(N2CCSCC2)CCOCC1)c1ccc(Cl)s1. The van der Waals surface area contributed by atoms with E-state index in [9.17, 15) is 4.79 Å². The topological polar surface area (TPSA) is 41.6 Å². The van der Waals surface area contributed by atoms with Gasteiger partial charge in [0.05, 0.1) is 9.21 Å². The number of thioether (sulfide) groups is 1. The van der Waals surface area contributed by atoms with E-state index in [1.807, 2.05) is 11.8 Å². The summed E-state index contributed by atoms with van der Waals surface area (Å²) in [4.78, 5) is 15.6. The Bertz CT molecular complexity index is 511. The predicted molar refractivity (Wildman–Crippen MR) is 93.3 cm³/mol. The van der Waals surface area contributed by atoms with Crippen molar-refractivity contribution in [2.75, 3.05) is 44.4 Å². The monoisotopic (exact) mass is 360 g/mol. The predicted octanol–water partition coefficient (Wildman–Crippen LogP) is 2.73. The lowest BCUT2D eigenvalue weighted by Crippen LogP contribution is -2.60. The lowest BCUT2D eigenvalue weighted by atomic mass is 9.87. The highest BCUT2D eigenvalue weighted by atomic mass is 35.5. The molecule has 2 aliphatic rings. The lowest BCUT2D eigenvalue weighted by Gasteiger charge is -2.48. The van der Waals surface area contributed by atoms with Crippen molar-refractivity contribution < 1.29 is 9.53 Å². The molecule has 0 aliphatic carbocycles. The zero-order valence-electron chi connectivity index (χ0n) is 12.5. The van der Waals surface area contributed by atoms with E-state index >= 15 is 0 Å². The molecule has 0 radical (unpaired) electrons. The van der Waals surface area contributed by atoms with Gasteiger partial charge in [-0.25, -0.2) is 0 Å². The Kier molecular flexibility index (Phi) is 5.68. The van der Waals surface area contributed by atoms with Crippen molar-refractivity contribution in [1.82, 2.24) is 10.2 Å². The highest BCUT2D eigenvalue weighted by Gasteiger charge is 2.39. The van der Waals surface area contributed by atoms with Gasteiger partial charge in [-0.2, -0.15) is 11.8 Å². The first-order valence-electron chi connectivity index (χ1n) is 7.64. The summed E-state index contributed by atoms with van der Waals surface area (Å²) in [6.45, 7) is 4.46. The van der Waals surface area contributed by atoms with Crippen LogP contribution in [0.4, 0.5) is 0 Å². The molecule has 1 aromatic heterocycles. The molecule has 0 bridgehead atoms. The number of thiophene rings is 1. The first-order valence-corrected chi connectivity index (χ1v) is 9.99. The summed E-state index contributed by atoms with van der Waals surface area (Å²) in [6, 6.07) is 3.56. The van der Waals surface area contributed by atoms with Gasteiger partial charge in [0.25, 0.3) is 5.91 Å². The van der Waals surface area contributed by atoms with E-state index in [2.05, 4.69) is 10.2 Å². The van der Waals surface area contributed by atoms with Crippen LogP contribution in [-0.2, 0) is 4.74 Å². The average Bonchev–Trinajstić information content (AvgIpc) is 3.01. The number of carbonyl (C=O) groups is 1. The Morgan fingerprint density at radius 1 is 1.32 bits per heavy atom. The average molecular weight is 361 g/mol. The molecule has 0 atom stereocenters. The molecule has 1 N–H and O–H groups in total. The second-order valence-corrected chi connectivity index (χ2v) is 8.66. The number of nitrogens with one attached hydrogen (secondary N) is 1.